The molecule has 0 bridgehead atoms. The second kappa shape index (κ2) is 31.2. The topological polar surface area (TPSA) is 129 Å². The van der Waals surface area contributed by atoms with Gasteiger partial charge in [0.2, 0.25) is 0 Å². The number of carboxylic acids is 3. The van der Waals surface area contributed by atoms with Gasteiger partial charge in [-0.2, -0.15) is 0 Å². The van der Waals surface area contributed by atoms with Crippen molar-refractivity contribution in [1.82, 2.24) is 0 Å². The van der Waals surface area contributed by atoms with Gasteiger partial charge in [0.05, 0.1) is 16.7 Å². The summed E-state index contributed by atoms with van der Waals surface area (Å²) >= 11 is 11.2. The van der Waals surface area contributed by atoms with E-state index in [9.17, 15) is 19.2 Å². The van der Waals surface area contributed by atoms with Crippen molar-refractivity contribution in [3.05, 3.63) is 250 Å². The Morgan fingerprint density at radius 2 is 0.836 bits per heavy atom. The molecule has 1 heterocycles. The van der Waals surface area contributed by atoms with Crippen molar-refractivity contribution in [2.45, 2.75) is 33.4 Å². The van der Waals surface area contributed by atoms with E-state index >= 15 is 0 Å². The standard InChI is InChI=1S/C13H10O2S.C13H8OS.C8H8O2.C7H6O2S.C7H8.C6H6S.2Cu/c14-13(15)11-8-4-5-9-12(11)16-10-6-2-1-3-7-10;14-13-9-5-1-3-7-11(9)15-12-8-4-2-6-10(12)13;1-6-4-2-3-5-7(6)8(9)10;8-7(9)5-3-1-2-4-6(5)10;1-7-5-3-2-4-6-7;7-6-4-2-1-3-5-6;;/h1-9H,(H,14,15);1-8H;2-5H,1H3,(H,9,10);1-4,10H,(H,8,9);2-6H,1H3;1-5,7H;;. The van der Waals surface area contributed by atoms with E-state index in [0.717, 1.165) is 40.4 Å². The maximum Gasteiger partial charge on any atom is 0.336 e. The summed E-state index contributed by atoms with van der Waals surface area (Å²) < 4.78 is 2.11. The number of aryl methyl sites for hydroxylation is 2. The number of aromatic carboxylic acids is 3. The molecule has 0 saturated heterocycles. The molecule has 9 aromatic rings. The summed E-state index contributed by atoms with van der Waals surface area (Å²) in [6.07, 6.45) is 0. The Morgan fingerprint density at radius 1 is 0.448 bits per heavy atom. The van der Waals surface area contributed by atoms with Gasteiger partial charge in [0.1, 0.15) is 0 Å². The number of rotatable bonds is 5. The second-order valence-electron chi connectivity index (χ2n) is 13.6. The van der Waals surface area contributed by atoms with Gasteiger partial charge in [0, 0.05) is 73.9 Å². The molecule has 0 fully saturated rings. The van der Waals surface area contributed by atoms with Gasteiger partial charge in [-0.3, -0.25) is 4.79 Å². The Labute approximate surface area is 430 Å². The van der Waals surface area contributed by atoms with Crippen LogP contribution in [0, 0.1) is 13.8 Å². The molecule has 0 saturated carbocycles. The fraction of sp³-hybridized carbons (Fsp3) is 0.0370. The van der Waals surface area contributed by atoms with Crippen molar-refractivity contribution in [2.24, 2.45) is 0 Å². The molecule has 350 valence electrons. The van der Waals surface area contributed by atoms with Crippen molar-refractivity contribution in [1.29, 1.82) is 0 Å². The van der Waals surface area contributed by atoms with Crippen molar-refractivity contribution < 1.29 is 63.8 Å². The van der Waals surface area contributed by atoms with E-state index < -0.39 is 17.9 Å². The maximum atomic E-state index is 12.1. The van der Waals surface area contributed by atoms with Crippen LogP contribution in [0.3, 0.4) is 0 Å². The molecule has 7 nitrogen and oxygen atoms in total. The molecule has 0 aliphatic carbocycles. The molecule has 0 atom stereocenters. The molecule has 67 heavy (non-hydrogen) atoms. The summed E-state index contributed by atoms with van der Waals surface area (Å²) in [5.41, 5.74) is 3.22. The van der Waals surface area contributed by atoms with Crippen LogP contribution < -0.4 is 5.43 Å². The van der Waals surface area contributed by atoms with E-state index in [2.05, 4.69) is 44.3 Å². The molecule has 0 unspecified atom stereocenters. The first-order valence-electron chi connectivity index (χ1n) is 19.9. The summed E-state index contributed by atoms with van der Waals surface area (Å²) in [5, 5.41) is 27.8. The molecule has 0 amide bonds. The van der Waals surface area contributed by atoms with Crippen molar-refractivity contribution in [3.63, 3.8) is 0 Å². The Hall–Kier alpha value is -5.85. The summed E-state index contributed by atoms with van der Waals surface area (Å²) in [4.78, 5) is 47.2. The molecule has 13 heteroatoms. The summed E-state index contributed by atoms with van der Waals surface area (Å²) in [5.74, 6) is -2.69. The number of carbonyl (C=O) groups is 3. The van der Waals surface area contributed by atoms with Crippen LogP contribution in [-0.4, -0.2) is 33.2 Å². The van der Waals surface area contributed by atoms with Crippen LogP contribution in [0.1, 0.15) is 42.2 Å². The van der Waals surface area contributed by atoms with Gasteiger partial charge in [-0.05, 0) is 98.3 Å². The molecule has 2 radical (unpaired) electrons. The Morgan fingerprint density at radius 3 is 1.24 bits per heavy atom. The van der Waals surface area contributed by atoms with Crippen LogP contribution in [-0.2, 0) is 34.1 Å². The fourth-order valence-electron chi connectivity index (χ4n) is 5.53. The molecule has 0 aliphatic heterocycles. The third-order valence-corrected chi connectivity index (χ3v) is 11.7. The van der Waals surface area contributed by atoms with Gasteiger partial charge >= 0.3 is 17.9 Å². The normalized spacial score (nSPS) is 9.43. The molecular weight excluding hydrogens is 1020 g/mol. The molecular formula is C54H46Cu2O7S4. The van der Waals surface area contributed by atoms with E-state index in [1.807, 2.05) is 146 Å². The molecule has 3 N–H and O–H groups in total. The smallest absolute Gasteiger partial charge is 0.336 e. The minimum absolute atomic E-state index is 0. The quantitative estimate of drug-likeness (QED) is 0.0655. The average molecular weight is 1060 g/mol. The van der Waals surface area contributed by atoms with Crippen LogP contribution >= 0.6 is 48.4 Å². The minimum atomic E-state index is -0.939. The van der Waals surface area contributed by atoms with Crippen molar-refractivity contribution in [2.75, 3.05) is 0 Å². The third kappa shape index (κ3) is 19.9. The molecule has 8 aromatic carbocycles. The van der Waals surface area contributed by atoms with Gasteiger partial charge in [-0.15, -0.1) is 36.6 Å². The van der Waals surface area contributed by atoms with Crippen LogP contribution in [0.5, 0.6) is 0 Å². The van der Waals surface area contributed by atoms with Gasteiger partial charge in [0.15, 0.2) is 5.43 Å². The Balaban J connectivity index is 0.000000282. The van der Waals surface area contributed by atoms with Gasteiger partial charge < -0.3 is 15.3 Å². The zero-order valence-corrected chi connectivity index (χ0v) is 41.3. The number of fused-ring (bicyclic) bond motifs is 2. The van der Waals surface area contributed by atoms with Crippen LogP contribution in [0.25, 0.3) is 20.2 Å². The molecule has 1 aromatic heterocycles. The molecule has 9 rings (SSSR count). The van der Waals surface area contributed by atoms with Crippen LogP contribution in [0.4, 0.5) is 0 Å². The SMILES string of the molecule is Cc1ccccc1.Cc1ccccc1C(=O)O.O=C(O)c1ccccc1S.O=C(O)c1ccccc1Sc1ccccc1.O=c1c2ccccc2sc2ccccc12.Sc1ccccc1.[Cu].[Cu]. The Bertz CT molecular complexity index is 2820. The predicted octanol–water partition coefficient (Wildman–Crippen LogP) is 14.3. The maximum absolute atomic E-state index is 12.1. The van der Waals surface area contributed by atoms with Crippen molar-refractivity contribution >= 4 is 86.4 Å². The number of benzene rings is 8. The van der Waals surface area contributed by atoms with E-state index in [1.54, 1.807) is 66.8 Å². The van der Waals surface area contributed by atoms with Crippen molar-refractivity contribution in [3.8, 4) is 0 Å². The zero-order valence-electron chi connectivity index (χ0n) is 36.0. The number of hydrogen-bond acceptors (Lipinski definition) is 8. The molecule has 0 aliphatic rings. The Kier molecular flexibility index (Phi) is 26.7. The summed E-state index contributed by atoms with van der Waals surface area (Å²) in [6.45, 7) is 3.86. The zero-order chi connectivity index (χ0) is 47.0. The second-order valence-corrected chi connectivity index (χ2v) is 16.8. The minimum Gasteiger partial charge on any atom is -0.478 e. The first kappa shape index (κ1) is 57.3. The van der Waals surface area contributed by atoms with Crippen LogP contribution in [0.15, 0.2) is 237 Å². The third-order valence-electron chi connectivity index (χ3n) is 8.78. The number of thiol groups is 2. The first-order valence-corrected chi connectivity index (χ1v) is 22.4. The first-order chi connectivity index (χ1) is 31.3. The van der Waals surface area contributed by atoms with Gasteiger partial charge in [0.25, 0.3) is 0 Å². The van der Waals surface area contributed by atoms with Crippen LogP contribution in [0.2, 0.25) is 0 Å². The summed E-state index contributed by atoms with van der Waals surface area (Å²) in [7, 11) is 0. The average Bonchev–Trinajstić information content (AvgIpc) is 3.31. The fourth-order valence-corrected chi connectivity index (χ4v) is 7.99. The van der Waals surface area contributed by atoms with E-state index in [1.165, 1.54) is 23.4 Å². The van der Waals surface area contributed by atoms with E-state index in [-0.39, 0.29) is 45.1 Å². The predicted molar refractivity (Wildman–Crippen MR) is 273 cm³/mol. The van der Waals surface area contributed by atoms with Gasteiger partial charge in [-0.25, -0.2) is 14.4 Å². The largest absolute Gasteiger partial charge is 0.478 e. The molecule has 0 spiro atoms. The van der Waals surface area contributed by atoms with E-state index in [0.29, 0.717) is 16.0 Å². The number of carboxylic acid groups (broad SMARTS) is 3. The van der Waals surface area contributed by atoms with Gasteiger partial charge in [-0.1, -0.05) is 151 Å². The number of hydrogen-bond donors (Lipinski definition) is 5. The summed E-state index contributed by atoms with van der Waals surface area (Å²) in [6, 6.07) is 65.8. The van der Waals surface area contributed by atoms with E-state index in [4.69, 9.17) is 15.3 Å². The monoisotopic (exact) mass is 1060 g/mol.